The molecule has 3 aromatic rings. The molecule has 3 rings (SSSR count). The first-order chi connectivity index (χ1) is 12.0. The van der Waals surface area contributed by atoms with Crippen molar-refractivity contribution in [3.8, 4) is 0 Å². The molecule has 0 atom stereocenters. The second kappa shape index (κ2) is 7.22. The van der Waals surface area contributed by atoms with Crippen LogP contribution in [0.15, 0.2) is 35.3 Å². The predicted molar refractivity (Wildman–Crippen MR) is 94.6 cm³/mol. The van der Waals surface area contributed by atoms with Gasteiger partial charge in [-0.05, 0) is 18.6 Å². The van der Waals surface area contributed by atoms with E-state index in [9.17, 15) is 14.4 Å². The van der Waals surface area contributed by atoms with Crippen molar-refractivity contribution in [3.05, 3.63) is 51.5 Å². The summed E-state index contributed by atoms with van der Waals surface area (Å²) in [6.07, 6.45) is 2.55. The van der Waals surface area contributed by atoms with Gasteiger partial charge in [-0.1, -0.05) is 23.5 Å². The normalized spacial score (nSPS) is 10.7. The van der Waals surface area contributed by atoms with Gasteiger partial charge in [0.1, 0.15) is 10.7 Å². The van der Waals surface area contributed by atoms with Gasteiger partial charge in [0, 0.05) is 12.8 Å². The Hall–Kier alpha value is -3.07. The maximum absolute atomic E-state index is 12.0. The van der Waals surface area contributed by atoms with E-state index in [1.165, 1.54) is 6.20 Å². The zero-order chi connectivity index (χ0) is 17.8. The lowest BCUT2D eigenvalue weighted by molar-refractivity contribution is -0.116. The van der Waals surface area contributed by atoms with Crippen molar-refractivity contribution in [2.45, 2.75) is 19.3 Å². The Morgan fingerprint density at radius 2 is 2.08 bits per heavy atom. The number of aryl methyl sites for hydroxylation is 1. The molecule has 0 saturated heterocycles. The van der Waals surface area contributed by atoms with Crippen molar-refractivity contribution in [3.63, 3.8) is 0 Å². The molecule has 1 aromatic carbocycles. The lowest BCUT2D eigenvalue weighted by atomic mass is 10.2. The molecule has 2 amide bonds. The number of benzene rings is 1. The highest BCUT2D eigenvalue weighted by atomic mass is 32.1. The van der Waals surface area contributed by atoms with Crippen LogP contribution in [0.1, 0.15) is 28.3 Å². The molecule has 0 spiro atoms. The lowest BCUT2D eigenvalue weighted by Crippen LogP contribution is -2.14. The smallest absolute Gasteiger partial charge is 0.260 e. The third kappa shape index (κ3) is 4.07. The molecule has 9 heteroatoms. The minimum Gasteiger partial charge on any atom is -0.365 e. The van der Waals surface area contributed by atoms with E-state index < -0.39 is 5.91 Å². The SMILES string of the molecule is NC(=O)c1cnc(NC(=O)CCCc2nc3ccccc3c(=O)[nH]2)s1. The van der Waals surface area contributed by atoms with Crippen LogP contribution in [0.4, 0.5) is 5.13 Å². The minimum absolute atomic E-state index is 0.188. The van der Waals surface area contributed by atoms with Crippen LogP contribution >= 0.6 is 11.3 Å². The Bertz CT molecular complexity index is 995. The third-order valence-corrected chi connectivity index (χ3v) is 4.40. The van der Waals surface area contributed by atoms with E-state index in [0.29, 0.717) is 34.7 Å². The van der Waals surface area contributed by atoms with Crippen molar-refractivity contribution < 1.29 is 9.59 Å². The van der Waals surface area contributed by atoms with Gasteiger partial charge < -0.3 is 16.0 Å². The average molecular weight is 357 g/mol. The van der Waals surface area contributed by atoms with Crippen LogP contribution in [0.2, 0.25) is 0 Å². The number of hydrogen-bond donors (Lipinski definition) is 3. The van der Waals surface area contributed by atoms with Gasteiger partial charge in [0.15, 0.2) is 5.13 Å². The largest absolute Gasteiger partial charge is 0.365 e. The van der Waals surface area contributed by atoms with E-state index in [1.54, 1.807) is 18.2 Å². The summed E-state index contributed by atoms with van der Waals surface area (Å²) in [7, 11) is 0. The standard InChI is InChI=1S/C16H15N5O3S/c17-14(23)11-8-18-16(25-11)21-13(22)7-3-6-12-19-10-5-2-1-4-9(10)15(24)20-12/h1-2,4-5,8H,3,6-7H2,(H2,17,23)(H,18,21,22)(H,19,20,24). The molecule has 0 bridgehead atoms. The molecule has 4 N–H and O–H groups in total. The number of aromatic nitrogens is 3. The summed E-state index contributed by atoms with van der Waals surface area (Å²) >= 11 is 1.03. The summed E-state index contributed by atoms with van der Waals surface area (Å²) < 4.78 is 0. The Kier molecular flexibility index (Phi) is 4.85. The molecule has 0 unspecified atom stereocenters. The zero-order valence-corrected chi connectivity index (χ0v) is 13.9. The van der Waals surface area contributed by atoms with Gasteiger partial charge in [-0.25, -0.2) is 9.97 Å². The fraction of sp³-hybridized carbons (Fsp3) is 0.188. The Balaban J connectivity index is 1.56. The summed E-state index contributed by atoms with van der Waals surface area (Å²) in [6, 6.07) is 7.10. The van der Waals surface area contributed by atoms with Gasteiger partial charge in [0.25, 0.3) is 11.5 Å². The number of para-hydroxylation sites is 1. The van der Waals surface area contributed by atoms with E-state index >= 15 is 0 Å². The maximum Gasteiger partial charge on any atom is 0.260 e. The fourth-order valence-electron chi connectivity index (χ4n) is 2.30. The van der Waals surface area contributed by atoms with Gasteiger partial charge in [-0.15, -0.1) is 0 Å². The van der Waals surface area contributed by atoms with Crippen molar-refractivity contribution in [2.24, 2.45) is 5.73 Å². The monoisotopic (exact) mass is 357 g/mol. The van der Waals surface area contributed by atoms with Crippen LogP contribution in [0.3, 0.4) is 0 Å². The molecule has 0 aliphatic heterocycles. The number of nitrogens with two attached hydrogens (primary N) is 1. The summed E-state index contributed by atoms with van der Waals surface area (Å²) in [5, 5.41) is 3.48. The van der Waals surface area contributed by atoms with Crippen molar-refractivity contribution >= 4 is 39.2 Å². The highest BCUT2D eigenvalue weighted by Gasteiger charge is 2.10. The second-order valence-corrected chi connectivity index (χ2v) is 6.36. The van der Waals surface area contributed by atoms with E-state index in [4.69, 9.17) is 5.73 Å². The van der Waals surface area contributed by atoms with Gasteiger partial charge in [-0.3, -0.25) is 14.4 Å². The molecule has 0 fully saturated rings. The van der Waals surface area contributed by atoms with E-state index in [2.05, 4.69) is 20.3 Å². The van der Waals surface area contributed by atoms with Crippen molar-refractivity contribution in [1.29, 1.82) is 0 Å². The molecule has 0 saturated carbocycles. The maximum atomic E-state index is 12.0. The number of primary amides is 1. The molecule has 25 heavy (non-hydrogen) atoms. The summed E-state index contributed by atoms with van der Waals surface area (Å²) in [6.45, 7) is 0. The summed E-state index contributed by atoms with van der Waals surface area (Å²) in [5.41, 5.74) is 5.58. The first-order valence-electron chi connectivity index (χ1n) is 7.56. The van der Waals surface area contributed by atoms with Crippen LogP contribution in [0.25, 0.3) is 10.9 Å². The van der Waals surface area contributed by atoms with Crippen molar-refractivity contribution in [2.75, 3.05) is 5.32 Å². The first-order valence-corrected chi connectivity index (χ1v) is 8.38. The van der Waals surface area contributed by atoms with E-state index in [1.807, 2.05) is 6.07 Å². The average Bonchev–Trinajstić information content (AvgIpc) is 3.03. The quantitative estimate of drug-likeness (QED) is 0.614. The van der Waals surface area contributed by atoms with E-state index in [-0.39, 0.29) is 22.8 Å². The van der Waals surface area contributed by atoms with E-state index in [0.717, 1.165) is 11.3 Å². The van der Waals surface area contributed by atoms with Gasteiger partial charge in [-0.2, -0.15) is 0 Å². The minimum atomic E-state index is -0.579. The molecule has 128 valence electrons. The van der Waals surface area contributed by atoms with Gasteiger partial charge in [0.05, 0.1) is 17.1 Å². The van der Waals surface area contributed by atoms with Crippen LogP contribution in [0, 0.1) is 0 Å². The molecular formula is C16H15N5O3S. The number of rotatable bonds is 6. The third-order valence-electron chi connectivity index (χ3n) is 3.47. The van der Waals surface area contributed by atoms with Crippen LogP contribution in [0.5, 0.6) is 0 Å². The number of carbonyl (C=O) groups excluding carboxylic acids is 2. The topological polar surface area (TPSA) is 131 Å². The number of aromatic amines is 1. The Morgan fingerprint density at radius 1 is 1.28 bits per heavy atom. The molecule has 2 aromatic heterocycles. The Morgan fingerprint density at radius 3 is 2.84 bits per heavy atom. The molecule has 0 aliphatic rings. The van der Waals surface area contributed by atoms with Crippen LogP contribution < -0.4 is 16.6 Å². The number of carbonyl (C=O) groups is 2. The molecule has 8 nitrogen and oxygen atoms in total. The first kappa shape index (κ1) is 16.8. The Labute approximate surface area is 146 Å². The number of hydrogen-bond acceptors (Lipinski definition) is 6. The lowest BCUT2D eigenvalue weighted by Gasteiger charge is -2.03. The highest BCUT2D eigenvalue weighted by Crippen LogP contribution is 2.17. The molecule has 0 radical (unpaired) electrons. The number of H-pyrrole nitrogens is 1. The van der Waals surface area contributed by atoms with Crippen LogP contribution in [-0.4, -0.2) is 26.8 Å². The summed E-state index contributed by atoms with van der Waals surface area (Å²) in [5.74, 6) is -0.264. The number of amides is 2. The van der Waals surface area contributed by atoms with Crippen LogP contribution in [-0.2, 0) is 11.2 Å². The van der Waals surface area contributed by atoms with Gasteiger partial charge >= 0.3 is 0 Å². The number of fused-ring (bicyclic) bond motifs is 1. The number of anilines is 1. The second-order valence-electron chi connectivity index (χ2n) is 5.33. The fourth-order valence-corrected chi connectivity index (χ4v) is 2.98. The molecular weight excluding hydrogens is 342 g/mol. The highest BCUT2D eigenvalue weighted by molar-refractivity contribution is 7.17. The van der Waals surface area contributed by atoms with Gasteiger partial charge in [0.2, 0.25) is 5.91 Å². The zero-order valence-electron chi connectivity index (χ0n) is 13.1. The number of nitrogens with zero attached hydrogens (tertiary/aromatic N) is 2. The summed E-state index contributed by atoms with van der Waals surface area (Å²) in [4.78, 5) is 46.2. The molecule has 2 heterocycles. The predicted octanol–water partition coefficient (Wildman–Crippen LogP) is 1.44. The molecule has 0 aliphatic carbocycles. The number of nitrogens with one attached hydrogen (secondary N) is 2. The van der Waals surface area contributed by atoms with Crippen molar-refractivity contribution in [1.82, 2.24) is 15.0 Å². The number of thiazole rings is 1.